The number of fused-ring (bicyclic) bond motifs is 1. The van der Waals surface area contributed by atoms with Crippen LogP contribution in [0.5, 0.6) is 0 Å². The van der Waals surface area contributed by atoms with Crippen LogP contribution in [0, 0.1) is 39.0 Å². The Kier molecular flexibility index (Phi) is 24.4. The zero-order chi connectivity index (χ0) is 24.8. The maximum atomic E-state index is 9.72. The number of carbonyl (C=O) groups excluding carboxylic acids is 1. The summed E-state index contributed by atoms with van der Waals surface area (Å²) in [6.45, 7) is 9.24. The van der Waals surface area contributed by atoms with Crippen LogP contribution in [0.3, 0.4) is 0 Å². The summed E-state index contributed by atoms with van der Waals surface area (Å²) in [6, 6.07) is 6.03. The number of aromatic amines is 1. The summed E-state index contributed by atoms with van der Waals surface area (Å²) >= 11 is 0. The second kappa shape index (κ2) is 22.2. The molecule has 0 spiro atoms. The molecule has 35 heavy (non-hydrogen) atoms. The van der Waals surface area contributed by atoms with E-state index in [2.05, 4.69) is 26.2 Å². The van der Waals surface area contributed by atoms with Crippen molar-refractivity contribution in [2.24, 2.45) is 0 Å². The van der Waals surface area contributed by atoms with Gasteiger partial charge in [0.2, 0.25) is 0 Å². The number of aliphatic hydroxyl groups excluding tert-OH is 1. The van der Waals surface area contributed by atoms with Crippen molar-refractivity contribution in [1.29, 1.82) is 5.26 Å². The van der Waals surface area contributed by atoms with Gasteiger partial charge in [0.25, 0.3) is 6.47 Å². The Morgan fingerprint density at radius 1 is 1.17 bits per heavy atom. The SMILES string of the molecule is C1CC2OC2C1.CC#N.Cc1cc(C)[nH]n1.Cc1cc(C)n([C@@H]2CCC[C@H]2O)n1.O=CO[O-].[Cs+].[Cs+].[H-]. The van der Waals surface area contributed by atoms with E-state index in [-0.39, 0.29) is 158 Å². The van der Waals surface area contributed by atoms with Gasteiger partial charge in [0, 0.05) is 18.3 Å². The van der Waals surface area contributed by atoms with E-state index in [1.165, 1.54) is 26.2 Å². The number of epoxide rings is 1. The molecule has 0 radical (unpaired) electrons. The first-order chi connectivity index (χ1) is 15.8. The van der Waals surface area contributed by atoms with Crippen LogP contribution in [0.1, 0.15) is 75.7 Å². The van der Waals surface area contributed by atoms with E-state index in [1.54, 1.807) is 6.07 Å². The molecular weight excluding hydrogens is 692 g/mol. The van der Waals surface area contributed by atoms with E-state index in [0.717, 1.165) is 42.0 Å². The third kappa shape index (κ3) is 16.2. The number of ether oxygens (including phenoxy) is 1. The van der Waals surface area contributed by atoms with Gasteiger partial charge in [0.15, 0.2) is 0 Å². The number of carbonyl (C=O) groups is 1. The van der Waals surface area contributed by atoms with Crippen LogP contribution in [0.15, 0.2) is 12.1 Å². The molecule has 4 atom stereocenters. The normalized spacial score (nSPS) is 22.1. The molecule has 2 aromatic heterocycles. The number of rotatable bonds is 2. The number of aromatic nitrogens is 4. The zero-order valence-corrected chi connectivity index (χ0v) is 34.7. The number of H-pyrrole nitrogens is 1. The Hall–Kier alpha value is 1.36. The van der Waals surface area contributed by atoms with Gasteiger partial charge in [0.05, 0.1) is 41.8 Å². The molecule has 10 nitrogen and oxygen atoms in total. The Bertz CT molecular complexity index is 853. The molecule has 2 saturated carbocycles. The van der Waals surface area contributed by atoms with Crippen LogP contribution in [-0.4, -0.2) is 49.9 Å². The second-order valence-electron chi connectivity index (χ2n) is 8.19. The summed E-state index contributed by atoms with van der Waals surface area (Å²) in [5, 5.41) is 36.6. The average Bonchev–Trinajstić information content (AvgIpc) is 3.19. The first-order valence-corrected chi connectivity index (χ1v) is 11.1. The van der Waals surface area contributed by atoms with Gasteiger partial charge in [-0.25, -0.2) is 0 Å². The fourth-order valence-electron chi connectivity index (χ4n) is 3.95. The molecule has 0 aromatic carbocycles. The Morgan fingerprint density at radius 3 is 1.94 bits per heavy atom. The van der Waals surface area contributed by atoms with E-state index in [1.807, 2.05) is 38.4 Å². The van der Waals surface area contributed by atoms with Gasteiger partial charge in [-0.3, -0.25) is 14.6 Å². The minimum Gasteiger partial charge on any atom is -1.00 e. The molecular formula is C23H37Cs2N5O5. The third-order valence-corrected chi connectivity index (χ3v) is 5.34. The van der Waals surface area contributed by atoms with Gasteiger partial charge in [0.1, 0.15) is 0 Å². The van der Waals surface area contributed by atoms with Gasteiger partial charge in [-0.1, -0.05) is 0 Å². The summed E-state index contributed by atoms with van der Waals surface area (Å²) in [4.78, 5) is 11.2. The van der Waals surface area contributed by atoms with Crippen molar-refractivity contribution >= 4 is 6.47 Å². The van der Waals surface area contributed by atoms with E-state index in [0.29, 0.717) is 12.2 Å². The van der Waals surface area contributed by atoms with Crippen LogP contribution < -0.4 is 143 Å². The number of hydrogen-bond donors (Lipinski definition) is 2. The molecule has 2 aliphatic carbocycles. The maximum Gasteiger partial charge on any atom is 1.00 e. The van der Waals surface area contributed by atoms with E-state index >= 15 is 0 Å². The second-order valence-corrected chi connectivity index (χ2v) is 8.19. The first kappa shape index (κ1) is 38.5. The van der Waals surface area contributed by atoms with Crippen molar-refractivity contribution in [1.82, 2.24) is 20.0 Å². The monoisotopic (exact) mass is 729 g/mol. The number of nitriles is 1. The smallest absolute Gasteiger partial charge is 1.00 e. The van der Waals surface area contributed by atoms with Crippen LogP contribution in [0.25, 0.3) is 0 Å². The van der Waals surface area contributed by atoms with Crippen molar-refractivity contribution in [3.05, 3.63) is 34.9 Å². The van der Waals surface area contributed by atoms with Crippen molar-refractivity contribution in [3.8, 4) is 6.07 Å². The fourth-order valence-corrected chi connectivity index (χ4v) is 3.95. The molecule has 3 fully saturated rings. The summed E-state index contributed by atoms with van der Waals surface area (Å²) in [5.41, 5.74) is 4.37. The summed E-state index contributed by atoms with van der Waals surface area (Å²) in [6.07, 6.45) is 8.41. The molecule has 0 amide bonds. The molecule has 12 heteroatoms. The largest absolute Gasteiger partial charge is 1.00 e. The van der Waals surface area contributed by atoms with E-state index in [4.69, 9.17) is 20.1 Å². The predicted molar refractivity (Wildman–Crippen MR) is 121 cm³/mol. The summed E-state index contributed by atoms with van der Waals surface area (Å²) in [5.74, 6) is 0. The summed E-state index contributed by atoms with van der Waals surface area (Å²) in [7, 11) is 0. The molecule has 2 N–H and O–H groups in total. The molecule has 186 valence electrons. The fraction of sp³-hybridized carbons (Fsp3) is 0.652. The van der Waals surface area contributed by atoms with E-state index in [9.17, 15) is 5.11 Å². The maximum absolute atomic E-state index is 9.72. The zero-order valence-electron chi connectivity index (χ0n) is 23.2. The molecule has 1 saturated heterocycles. The Labute approximate surface area is 327 Å². The van der Waals surface area contributed by atoms with Crippen molar-refractivity contribution in [2.45, 2.75) is 97.5 Å². The molecule has 0 bridgehead atoms. The van der Waals surface area contributed by atoms with Gasteiger partial charge in [-0.05, 0) is 78.4 Å². The van der Waals surface area contributed by atoms with Crippen LogP contribution in [0.4, 0.5) is 0 Å². The van der Waals surface area contributed by atoms with Crippen LogP contribution in [-0.2, 0) is 14.4 Å². The van der Waals surface area contributed by atoms with Gasteiger partial charge in [-0.2, -0.15) is 15.5 Å². The Balaban J connectivity index is -0.000000408. The summed E-state index contributed by atoms with van der Waals surface area (Å²) < 4.78 is 7.13. The molecule has 3 heterocycles. The topological polar surface area (TPSA) is 152 Å². The molecule has 1 aliphatic heterocycles. The van der Waals surface area contributed by atoms with Gasteiger partial charge in [-0.15, -0.1) is 0 Å². The number of nitrogens with zero attached hydrogens (tertiary/aromatic N) is 4. The molecule has 2 aromatic rings. The molecule has 2 unspecified atom stereocenters. The standard InChI is InChI=1S/C10H16N2O.C5H8N2.C5H8O.C2H3N.CH2O3.2Cs.H/c1-7-6-8(2)12(11-7)9-4-3-5-10(9)13;1-4-3-5(2)7-6-4;1-2-4-5(3-1)6-4;1-2-3;2-1-4-3;;;/h6,9-10,13H,3-5H2,1-2H3;3H,1-2H3,(H,6,7);4-5H,1-3H2;1H3;1,3H;;;/q;;;;;2*+1;-1/p-1/t9-,10-;;;;;;;/m1......./s1. The number of aryl methyl sites for hydroxylation is 4. The Morgan fingerprint density at radius 2 is 1.71 bits per heavy atom. The minimum atomic E-state index is -0.196. The number of hydrogen-bond acceptors (Lipinski definition) is 8. The predicted octanol–water partition coefficient (Wildman–Crippen LogP) is -3.36. The third-order valence-electron chi connectivity index (χ3n) is 5.34. The number of nitrogens with one attached hydrogen (secondary N) is 1. The molecule has 5 rings (SSSR count). The van der Waals surface area contributed by atoms with E-state index < -0.39 is 0 Å². The van der Waals surface area contributed by atoms with Crippen molar-refractivity contribution < 1.29 is 164 Å². The van der Waals surface area contributed by atoms with Gasteiger partial charge >= 0.3 is 138 Å². The van der Waals surface area contributed by atoms with Crippen LogP contribution >= 0.6 is 0 Å². The quantitative estimate of drug-likeness (QED) is 0.141. The first-order valence-electron chi connectivity index (χ1n) is 11.1. The van der Waals surface area contributed by atoms with Gasteiger partial charge < -0.3 is 21.4 Å². The number of aliphatic hydroxyl groups is 1. The molecule has 3 aliphatic rings. The average molecular weight is 729 g/mol. The van der Waals surface area contributed by atoms with Crippen LogP contribution in [0.2, 0.25) is 0 Å². The van der Waals surface area contributed by atoms with Crippen molar-refractivity contribution in [3.63, 3.8) is 0 Å². The van der Waals surface area contributed by atoms with Crippen molar-refractivity contribution in [2.75, 3.05) is 0 Å². The minimum absolute atomic E-state index is 0.